The molecule has 1 aliphatic heterocycles. The van der Waals surface area contributed by atoms with E-state index in [2.05, 4.69) is 9.98 Å². The van der Waals surface area contributed by atoms with E-state index in [1.807, 2.05) is 0 Å². The van der Waals surface area contributed by atoms with Crippen LogP contribution in [0.5, 0.6) is 0 Å². The first-order valence-corrected chi connectivity index (χ1v) is 3.08. The highest BCUT2D eigenvalue weighted by atomic mass is 16.1. The molecule has 0 fully saturated rings. The fraction of sp³-hybridized carbons (Fsp3) is 0.143. The molecule has 0 amide bonds. The molecule has 1 aromatic rings. The number of H-pyrrole nitrogens is 1. The van der Waals surface area contributed by atoms with Gasteiger partial charge in [0.2, 0.25) is 5.56 Å². The molecule has 3 heteroatoms. The van der Waals surface area contributed by atoms with Crippen molar-refractivity contribution in [1.29, 1.82) is 0 Å². The Hall–Kier alpha value is -1.38. The van der Waals surface area contributed by atoms with Crippen molar-refractivity contribution < 1.29 is 0 Å². The number of aliphatic imine (C=N–C) groups is 1. The first-order chi connectivity index (χ1) is 4.86. The number of rotatable bonds is 0. The number of hydrogen-bond donors (Lipinski definition) is 1. The summed E-state index contributed by atoms with van der Waals surface area (Å²) in [5.41, 5.74) is 1.99. The number of pyridine rings is 1. The van der Waals surface area contributed by atoms with Crippen molar-refractivity contribution in [3.63, 3.8) is 0 Å². The molecule has 1 N–H and O–H groups in total. The normalized spacial score (nSPS) is 13.6. The summed E-state index contributed by atoms with van der Waals surface area (Å²) in [4.78, 5) is 17.3. The van der Waals surface area contributed by atoms with Crippen molar-refractivity contribution in [3.8, 4) is 0 Å². The average molecular weight is 134 g/mol. The molecule has 0 spiro atoms. The van der Waals surface area contributed by atoms with E-state index in [-0.39, 0.29) is 5.56 Å². The van der Waals surface area contributed by atoms with Crippen molar-refractivity contribution in [1.82, 2.24) is 4.98 Å². The van der Waals surface area contributed by atoms with Gasteiger partial charge >= 0.3 is 0 Å². The third-order valence-electron chi connectivity index (χ3n) is 1.54. The second kappa shape index (κ2) is 1.80. The van der Waals surface area contributed by atoms with Crippen molar-refractivity contribution in [2.45, 2.75) is 6.54 Å². The molecular formula is C7H6N2O. The summed E-state index contributed by atoms with van der Waals surface area (Å²) in [7, 11) is 0. The molecule has 2 rings (SSSR count). The van der Waals surface area contributed by atoms with Crippen LogP contribution in [-0.2, 0) is 6.54 Å². The van der Waals surface area contributed by atoms with Crippen LogP contribution in [-0.4, -0.2) is 11.2 Å². The van der Waals surface area contributed by atoms with Gasteiger partial charge in [0.05, 0.1) is 6.54 Å². The quantitative estimate of drug-likeness (QED) is 0.545. The van der Waals surface area contributed by atoms with Gasteiger partial charge in [-0.15, -0.1) is 0 Å². The van der Waals surface area contributed by atoms with Gasteiger partial charge in [-0.3, -0.25) is 9.79 Å². The van der Waals surface area contributed by atoms with Gasteiger partial charge in [-0.2, -0.15) is 0 Å². The van der Waals surface area contributed by atoms with E-state index in [0.29, 0.717) is 6.54 Å². The van der Waals surface area contributed by atoms with Crippen molar-refractivity contribution in [2.24, 2.45) is 4.99 Å². The molecule has 1 aliphatic rings. The number of fused-ring (bicyclic) bond motifs is 1. The molecule has 10 heavy (non-hydrogen) atoms. The molecule has 0 bridgehead atoms. The molecule has 1 aromatic heterocycles. The summed E-state index contributed by atoms with van der Waals surface area (Å²) in [6.07, 6.45) is 3.46. The molecule has 0 atom stereocenters. The SMILES string of the molecule is O=c1cc2c(c[nH]1)C=NC2. The minimum atomic E-state index is -0.0516. The molecule has 0 aliphatic carbocycles. The van der Waals surface area contributed by atoms with E-state index in [9.17, 15) is 4.79 Å². The maximum Gasteiger partial charge on any atom is 0.248 e. The topological polar surface area (TPSA) is 45.2 Å². The van der Waals surface area contributed by atoms with Crippen LogP contribution in [0.15, 0.2) is 22.1 Å². The van der Waals surface area contributed by atoms with Gasteiger partial charge in [0.15, 0.2) is 0 Å². The van der Waals surface area contributed by atoms with Gasteiger partial charge in [0.1, 0.15) is 0 Å². The van der Waals surface area contributed by atoms with Crippen LogP contribution in [0.3, 0.4) is 0 Å². The number of nitrogens with zero attached hydrogens (tertiary/aromatic N) is 1. The van der Waals surface area contributed by atoms with Crippen LogP contribution in [0.25, 0.3) is 0 Å². The zero-order valence-corrected chi connectivity index (χ0v) is 5.29. The van der Waals surface area contributed by atoms with E-state index in [1.165, 1.54) is 0 Å². The van der Waals surface area contributed by atoms with E-state index in [1.54, 1.807) is 18.5 Å². The Kier molecular flexibility index (Phi) is 0.974. The Morgan fingerprint density at radius 2 is 2.50 bits per heavy atom. The fourth-order valence-corrected chi connectivity index (χ4v) is 1.02. The van der Waals surface area contributed by atoms with Crippen LogP contribution >= 0.6 is 0 Å². The highest BCUT2D eigenvalue weighted by molar-refractivity contribution is 5.83. The Morgan fingerprint density at radius 3 is 3.40 bits per heavy atom. The lowest BCUT2D eigenvalue weighted by Crippen LogP contribution is -2.05. The van der Waals surface area contributed by atoms with E-state index < -0.39 is 0 Å². The molecule has 0 saturated carbocycles. The standard InChI is InChI=1S/C7H6N2O/c10-7-1-5-2-8-3-6(5)4-9-7/h1,3-4H,2H2,(H,9,10). The zero-order chi connectivity index (χ0) is 6.97. The second-order valence-corrected chi connectivity index (χ2v) is 2.25. The molecule has 3 nitrogen and oxygen atoms in total. The zero-order valence-electron chi connectivity index (χ0n) is 5.29. The van der Waals surface area contributed by atoms with Crippen molar-refractivity contribution in [2.75, 3.05) is 0 Å². The molecular weight excluding hydrogens is 128 g/mol. The maximum absolute atomic E-state index is 10.7. The highest BCUT2D eigenvalue weighted by Gasteiger charge is 2.04. The molecule has 0 aromatic carbocycles. The number of aromatic amines is 1. The van der Waals surface area contributed by atoms with E-state index in [0.717, 1.165) is 11.1 Å². The third kappa shape index (κ3) is 0.673. The van der Waals surface area contributed by atoms with Gasteiger partial charge in [0, 0.05) is 24.0 Å². The Morgan fingerprint density at radius 1 is 1.60 bits per heavy atom. The van der Waals surface area contributed by atoms with Crippen LogP contribution in [0, 0.1) is 0 Å². The summed E-state index contributed by atoms with van der Waals surface area (Å²) in [6.45, 7) is 0.652. The minimum absolute atomic E-state index is 0.0516. The summed E-state index contributed by atoms with van der Waals surface area (Å²) in [5, 5.41) is 0. The van der Waals surface area contributed by atoms with Crippen molar-refractivity contribution in [3.05, 3.63) is 33.7 Å². The summed E-state index contributed by atoms with van der Waals surface area (Å²) in [6, 6.07) is 1.59. The van der Waals surface area contributed by atoms with Crippen LogP contribution in [0.2, 0.25) is 0 Å². The average Bonchev–Trinajstić information content (AvgIpc) is 2.33. The number of hydrogen-bond acceptors (Lipinski definition) is 2. The van der Waals surface area contributed by atoms with Crippen LogP contribution in [0.4, 0.5) is 0 Å². The summed E-state index contributed by atoms with van der Waals surface area (Å²) >= 11 is 0. The molecule has 2 heterocycles. The first-order valence-electron chi connectivity index (χ1n) is 3.08. The molecule has 0 saturated heterocycles. The third-order valence-corrected chi connectivity index (χ3v) is 1.54. The Balaban J connectivity index is 2.69. The fourth-order valence-electron chi connectivity index (χ4n) is 1.02. The van der Waals surface area contributed by atoms with E-state index in [4.69, 9.17) is 0 Å². The lowest BCUT2D eigenvalue weighted by Gasteiger charge is -1.91. The highest BCUT2D eigenvalue weighted by Crippen LogP contribution is 2.09. The van der Waals surface area contributed by atoms with Crippen LogP contribution < -0.4 is 5.56 Å². The number of nitrogens with one attached hydrogen (secondary N) is 1. The molecule has 50 valence electrons. The van der Waals surface area contributed by atoms with Gasteiger partial charge in [-0.1, -0.05) is 0 Å². The molecule has 0 radical (unpaired) electrons. The van der Waals surface area contributed by atoms with E-state index >= 15 is 0 Å². The van der Waals surface area contributed by atoms with Gasteiger partial charge < -0.3 is 4.98 Å². The van der Waals surface area contributed by atoms with Gasteiger partial charge in [0.25, 0.3) is 0 Å². The number of aromatic nitrogens is 1. The summed E-state index contributed by atoms with van der Waals surface area (Å²) < 4.78 is 0. The minimum Gasteiger partial charge on any atom is -0.328 e. The monoisotopic (exact) mass is 134 g/mol. The lowest BCUT2D eigenvalue weighted by atomic mass is 10.2. The Labute approximate surface area is 57.4 Å². The Bertz CT molecular complexity index is 338. The van der Waals surface area contributed by atoms with Gasteiger partial charge in [-0.05, 0) is 5.56 Å². The largest absolute Gasteiger partial charge is 0.328 e. The smallest absolute Gasteiger partial charge is 0.248 e. The maximum atomic E-state index is 10.7. The lowest BCUT2D eigenvalue weighted by molar-refractivity contribution is 1.08. The second-order valence-electron chi connectivity index (χ2n) is 2.25. The summed E-state index contributed by atoms with van der Waals surface area (Å²) in [5.74, 6) is 0. The van der Waals surface area contributed by atoms with Gasteiger partial charge in [-0.25, -0.2) is 0 Å². The predicted octanol–water partition coefficient (Wildman–Crippen LogP) is 0.307. The van der Waals surface area contributed by atoms with Crippen LogP contribution in [0.1, 0.15) is 11.1 Å². The predicted molar refractivity (Wildman–Crippen MR) is 38.4 cm³/mol. The first kappa shape index (κ1) is 5.41. The van der Waals surface area contributed by atoms with Crippen molar-refractivity contribution >= 4 is 6.21 Å². The molecule has 0 unspecified atom stereocenters.